The lowest BCUT2D eigenvalue weighted by molar-refractivity contribution is -0.129. The number of rotatable bonds is 5. The quantitative estimate of drug-likeness (QED) is 0.800. The predicted molar refractivity (Wildman–Crippen MR) is 68.6 cm³/mol. The fraction of sp³-hybridized carbons (Fsp3) is 0.385. The first-order valence-electron chi connectivity index (χ1n) is 5.71. The molecule has 6 heteroatoms. The maximum absolute atomic E-state index is 13.0. The Labute approximate surface area is 111 Å². The van der Waals surface area contributed by atoms with Crippen molar-refractivity contribution >= 4 is 11.7 Å². The van der Waals surface area contributed by atoms with Gasteiger partial charge in [0.1, 0.15) is 11.6 Å². The molecular weight excluding hydrogens is 251 g/mol. The Kier molecular flexibility index (Phi) is 5.00. The molecule has 0 heterocycles. The zero-order chi connectivity index (χ0) is 14.6. The van der Waals surface area contributed by atoms with E-state index in [1.807, 2.05) is 0 Å². The van der Waals surface area contributed by atoms with Gasteiger partial charge in [-0.2, -0.15) is 0 Å². The Morgan fingerprint density at radius 3 is 2.42 bits per heavy atom. The summed E-state index contributed by atoms with van der Waals surface area (Å²) in [5, 5.41) is 9.51. The average molecular weight is 268 g/mol. The van der Waals surface area contributed by atoms with Crippen molar-refractivity contribution in [2.75, 3.05) is 34.2 Å². The number of carbonyl (C=O) groups excluding carboxylic acids is 2. The van der Waals surface area contributed by atoms with Crippen LogP contribution in [0.5, 0.6) is 5.75 Å². The minimum Gasteiger partial charge on any atom is -0.507 e. The molecule has 1 N–H and O–H groups in total. The summed E-state index contributed by atoms with van der Waals surface area (Å²) < 4.78 is 13.0. The van der Waals surface area contributed by atoms with Crippen LogP contribution in [0.4, 0.5) is 4.39 Å². The Balaban J connectivity index is 2.69. The van der Waals surface area contributed by atoms with Gasteiger partial charge in [0.25, 0.3) is 0 Å². The van der Waals surface area contributed by atoms with E-state index < -0.39 is 11.6 Å². The Morgan fingerprint density at radius 1 is 1.21 bits per heavy atom. The maximum Gasteiger partial charge on any atom is 0.236 e. The first-order chi connectivity index (χ1) is 8.81. The van der Waals surface area contributed by atoms with E-state index in [0.29, 0.717) is 0 Å². The fourth-order valence-electron chi connectivity index (χ4n) is 1.49. The number of carbonyl (C=O) groups is 2. The molecule has 0 aromatic heterocycles. The minimum atomic E-state index is -0.590. The van der Waals surface area contributed by atoms with Gasteiger partial charge in [0.05, 0.1) is 18.7 Å². The van der Waals surface area contributed by atoms with E-state index in [9.17, 15) is 19.1 Å². The van der Waals surface area contributed by atoms with Gasteiger partial charge in [0.2, 0.25) is 5.91 Å². The summed E-state index contributed by atoms with van der Waals surface area (Å²) in [7, 11) is 4.85. The lowest BCUT2D eigenvalue weighted by Gasteiger charge is -2.18. The average Bonchev–Trinajstić information content (AvgIpc) is 2.31. The van der Waals surface area contributed by atoms with Gasteiger partial charge in [-0.15, -0.1) is 0 Å². The molecule has 1 amide bonds. The molecule has 0 aliphatic heterocycles. The van der Waals surface area contributed by atoms with E-state index in [0.717, 1.165) is 18.2 Å². The van der Waals surface area contributed by atoms with Gasteiger partial charge < -0.3 is 10.0 Å². The van der Waals surface area contributed by atoms with Gasteiger partial charge in [-0.05, 0) is 25.2 Å². The van der Waals surface area contributed by atoms with E-state index in [2.05, 4.69) is 0 Å². The zero-order valence-corrected chi connectivity index (χ0v) is 11.2. The standard InChI is InChI=1S/C13H17FN2O3/c1-15(2)13(19)8-16(3)7-12(18)10-6-9(14)4-5-11(10)17/h4-6,17H,7-8H2,1-3H3. The van der Waals surface area contributed by atoms with E-state index in [1.165, 1.54) is 9.80 Å². The van der Waals surface area contributed by atoms with Crippen molar-refractivity contribution < 1.29 is 19.1 Å². The Bertz CT molecular complexity index is 489. The van der Waals surface area contributed by atoms with Crippen LogP contribution in [0.15, 0.2) is 18.2 Å². The first-order valence-corrected chi connectivity index (χ1v) is 5.71. The molecule has 0 spiro atoms. The molecule has 1 aromatic carbocycles. The minimum absolute atomic E-state index is 0.0728. The molecule has 1 rings (SSSR count). The van der Waals surface area contributed by atoms with Gasteiger partial charge in [-0.1, -0.05) is 0 Å². The summed E-state index contributed by atoms with van der Waals surface area (Å²) in [5.41, 5.74) is -0.0795. The molecule has 0 radical (unpaired) electrons. The van der Waals surface area contributed by atoms with Crippen LogP contribution in [0, 0.1) is 5.82 Å². The highest BCUT2D eigenvalue weighted by molar-refractivity contribution is 6.00. The largest absolute Gasteiger partial charge is 0.507 e. The number of Topliss-reactive ketones (excluding diaryl/α,β-unsaturated/α-hetero) is 1. The molecule has 0 saturated heterocycles. The number of benzene rings is 1. The number of halogens is 1. The summed E-state index contributed by atoms with van der Waals surface area (Å²) in [6.45, 7) is 0.00537. The normalized spacial score (nSPS) is 10.6. The third kappa shape index (κ3) is 4.33. The van der Waals surface area contributed by atoms with Crippen LogP contribution >= 0.6 is 0 Å². The van der Waals surface area contributed by atoms with Crippen molar-refractivity contribution in [3.8, 4) is 5.75 Å². The van der Waals surface area contributed by atoms with Crippen LogP contribution < -0.4 is 0 Å². The molecule has 104 valence electrons. The first kappa shape index (κ1) is 15.1. The van der Waals surface area contributed by atoms with Crippen LogP contribution in [0.25, 0.3) is 0 Å². The van der Waals surface area contributed by atoms with Crippen molar-refractivity contribution in [1.82, 2.24) is 9.80 Å². The molecule has 0 atom stereocenters. The number of amides is 1. The topological polar surface area (TPSA) is 60.9 Å². The van der Waals surface area contributed by atoms with Crippen LogP contribution in [-0.4, -0.2) is 60.8 Å². The zero-order valence-electron chi connectivity index (χ0n) is 11.2. The highest BCUT2D eigenvalue weighted by atomic mass is 19.1. The molecule has 5 nitrogen and oxygen atoms in total. The molecule has 19 heavy (non-hydrogen) atoms. The van der Waals surface area contributed by atoms with Gasteiger partial charge in [-0.3, -0.25) is 14.5 Å². The van der Waals surface area contributed by atoms with Crippen molar-refractivity contribution in [3.63, 3.8) is 0 Å². The van der Waals surface area contributed by atoms with E-state index in [1.54, 1.807) is 21.1 Å². The predicted octanol–water partition coefficient (Wildman–Crippen LogP) is 0.734. The van der Waals surface area contributed by atoms with Crippen LogP contribution in [0.3, 0.4) is 0 Å². The van der Waals surface area contributed by atoms with Gasteiger partial charge in [-0.25, -0.2) is 4.39 Å². The number of phenols is 1. The molecule has 0 saturated carbocycles. The number of hydrogen-bond donors (Lipinski definition) is 1. The maximum atomic E-state index is 13.0. The second-order valence-corrected chi connectivity index (χ2v) is 4.55. The fourth-order valence-corrected chi connectivity index (χ4v) is 1.49. The smallest absolute Gasteiger partial charge is 0.236 e. The number of nitrogens with zero attached hydrogens (tertiary/aromatic N) is 2. The van der Waals surface area contributed by atoms with Crippen LogP contribution in [-0.2, 0) is 4.79 Å². The van der Waals surface area contributed by atoms with E-state index >= 15 is 0 Å². The van der Waals surface area contributed by atoms with E-state index in [-0.39, 0.29) is 30.3 Å². The molecule has 0 aliphatic rings. The highest BCUT2D eigenvalue weighted by Gasteiger charge is 2.16. The summed E-state index contributed by atoms with van der Waals surface area (Å²) in [6.07, 6.45) is 0. The summed E-state index contributed by atoms with van der Waals surface area (Å²) in [6, 6.07) is 3.19. The third-order valence-electron chi connectivity index (χ3n) is 2.58. The number of likely N-dealkylation sites (N-methyl/N-ethyl adjacent to an activating group) is 2. The van der Waals surface area contributed by atoms with Crippen LogP contribution in [0.1, 0.15) is 10.4 Å². The number of ketones is 1. The summed E-state index contributed by atoms with van der Waals surface area (Å²) >= 11 is 0. The Hall–Kier alpha value is -1.95. The molecule has 0 unspecified atom stereocenters. The van der Waals surface area contributed by atoms with E-state index in [4.69, 9.17) is 0 Å². The molecule has 1 aromatic rings. The number of phenolic OH excluding ortho intramolecular Hbond substituents is 1. The van der Waals surface area contributed by atoms with Crippen LogP contribution in [0.2, 0.25) is 0 Å². The van der Waals surface area contributed by atoms with Crippen molar-refractivity contribution in [3.05, 3.63) is 29.6 Å². The SMILES string of the molecule is CN(CC(=O)c1cc(F)ccc1O)CC(=O)N(C)C. The molecule has 0 bridgehead atoms. The van der Waals surface area contributed by atoms with Gasteiger partial charge in [0, 0.05) is 14.1 Å². The van der Waals surface area contributed by atoms with Gasteiger partial charge in [0.15, 0.2) is 5.78 Å². The van der Waals surface area contributed by atoms with Gasteiger partial charge >= 0.3 is 0 Å². The third-order valence-corrected chi connectivity index (χ3v) is 2.58. The van der Waals surface area contributed by atoms with Crippen molar-refractivity contribution in [2.45, 2.75) is 0 Å². The molecule has 0 aliphatic carbocycles. The van der Waals surface area contributed by atoms with Crippen molar-refractivity contribution in [1.29, 1.82) is 0 Å². The Morgan fingerprint density at radius 2 is 1.84 bits per heavy atom. The second-order valence-electron chi connectivity index (χ2n) is 4.55. The second kappa shape index (κ2) is 6.29. The molecular formula is C13H17FN2O3. The van der Waals surface area contributed by atoms with Crippen molar-refractivity contribution in [2.24, 2.45) is 0 Å². The summed E-state index contributed by atoms with van der Waals surface area (Å²) in [4.78, 5) is 26.3. The number of hydrogen-bond acceptors (Lipinski definition) is 4. The lowest BCUT2D eigenvalue weighted by Crippen LogP contribution is -2.37. The number of aromatic hydroxyl groups is 1. The lowest BCUT2D eigenvalue weighted by atomic mass is 10.1. The monoisotopic (exact) mass is 268 g/mol. The molecule has 0 fully saturated rings. The summed E-state index contributed by atoms with van der Waals surface area (Å²) in [5.74, 6) is -1.43. The highest BCUT2D eigenvalue weighted by Crippen LogP contribution is 2.18.